The van der Waals surface area contributed by atoms with Crippen LogP contribution in [0, 0.1) is 5.82 Å². The molecule has 0 aliphatic carbocycles. The second-order valence-corrected chi connectivity index (χ2v) is 6.06. The lowest BCUT2D eigenvalue weighted by Gasteiger charge is -2.19. The van der Waals surface area contributed by atoms with Gasteiger partial charge >= 0.3 is 0 Å². The van der Waals surface area contributed by atoms with Crippen LogP contribution < -0.4 is 10.1 Å². The Morgan fingerprint density at radius 1 is 1.17 bits per heavy atom. The second-order valence-electron chi connectivity index (χ2n) is 5.01. The molecule has 0 saturated heterocycles. The van der Waals surface area contributed by atoms with Crippen LogP contribution in [0.2, 0.25) is 0 Å². The van der Waals surface area contributed by atoms with Gasteiger partial charge < -0.3 is 14.8 Å². The summed E-state index contributed by atoms with van der Waals surface area (Å²) >= 11 is 1.36. The average molecular weight is 349 g/mol. The van der Waals surface area contributed by atoms with Gasteiger partial charge in [0.25, 0.3) is 0 Å². The Balaban J connectivity index is 1.86. The minimum atomic E-state index is -0.291. The smallest absolute Gasteiger partial charge is 0.230 e. The van der Waals surface area contributed by atoms with Crippen molar-refractivity contribution in [2.75, 3.05) is 26.5 Å². The number of hydrogen-bond acceptors (Lipinski definition) is 4. The van der Waals surface area contributed by atoms with Crippen LogP contribution in [0.15, 0.2) is 53.4 Å². The van der Waals surface area contributed by atoms with Gasteiger partial charge in [-0.3, -0.25) is 4.79 Å². The van der Waals surface area contributed by atoms with Crippen molar-refractivity contribution in [2.24, 2.45) is 0 Å². The molecule has 1 atom stereocenters. The predicted octanol–water partition coefficient (Wildman–Crippen LogP) is 3.43. The van der Waals surface area contributed by atoms with Crippen molar-refractivity contribution in [3.8, 4) is 5.75 Å². The van der Waals surface area contributed by atoms with Crippen LogP contribution in [0.1, 0.15) is 11.7 Å². The molecule has 2 aromatic rings. The number of carbonyl (C=O) groups is 1. The Morgan fingerprint density at radius 3 is 2.54 bits per heavy atom. The largest absolute Gasteiger partial charge is 0.496 e. The topological polar surface area (TPSA) is 47.6 Å². The van der Waals surface area contributed by atoms with Gasteiger partial charge in [0, 0.05) is 24.1 Å². The highest BCUT2D eigenvalue weighted by Gasteiger charge is 2.16. The molecule has 0 aromatic heterocycles. The third-order valence-corrected chi connectivity index (χ3v) is 4.45. The van der Waals surface area contributed by atoms with Crippen LogP contribution in [-0.4, -0.2) is 32.4 Å². The number of methoxy groups -OCH3 is 2. The predicted molar refractivity (Wildman–Crippen MR) is 92.9 cm³/mol. The van der Waals surface area contributed by atoms with Gasteiger partial charge in [-0.2, -0.15) is 0 Å². The summed E-state index contributed by atoms with van der Waals surface area (Å²) < 4.78 is 23.6. The molecule has 2 aromatic carbocycles. The highest BCUT2D eigenvalue weighted by atomic mass is 32.2. The molecule has 0 bridgehead atoms. The molecule has 2 rings (SSSR count). The van der Waals surface area contributed by atoms with Crippen LogP contribution in [0.25, 0.3) is 0 Å². The molecule has 0 aliphatic heterocycles. The molecule has 0 radical (unpaired) electrons. The number of amides is 1. The normalized spacial score (nSPS) is 11.8. The molecule has 1 N–H and O–H groups in total. The molecule has 4 nitrogen and oxygen atoms in total. The van der Waals surface area contributed by atoms with E-state index in [1.807, 2.05) is 24.3 Å². The van der Waals surface area contributed by atoms with E-state index in [1.54, 1.807) is 26.4 Å². The van der Waals surface area contributed by atoms with Crippen LogP contribution in [0.4, 0.5) is 4.39 Å². The maximum Gasteiger partial charge on any atom is 0.230 e. The number of carbonyl (C=O) groups excluding carboxylic acids is 1. The molecule has 0 aliphatic rings. The Morgan fingerprint density at radius 2 is 1.88 bits per heavy atom. The van der Waals surface area contributed by atoms with E-state index in [-0.39, 0.29) is 23.6 Å². The van der Waals surface area contributed by atoms with Crippen molar-refractivity contribution < 1.29 is 18.7 Å². The Kier molecular flexibility index (Phi) is 7.08. The van der Waals surface area contributed by atoms with Gasteiger partial charge in [-0.25, -0.2) is 4.39 Å². The number of ether oxygens (including phenoxy) is 2. The quantitative estimate of drug-likeness (QED) is 0.742. The first-order valence-corrected chi connectivity index (χ1v) is 8.43. The standard InChI is InChI=1S/C18H20FNO3S/c1-22-16-6-4-3-5-15(16)17(23-2)11-20-18(21)12-24-14-9-7-13(19)8-10-14/h3-10,17H,11-12H2,1-2H3,(H,20,21). The number of nitrogens with one attached hydrogen (secondary N) is 1. The molecule has 0 saturated carbocycles. The van der Waals surface area contributed by atoms with Crippen LogP contribution >= 0.6 is 11.8 Å². The highest BCUT2D eigenvalue weighted by Crippen LogP contribution is 2.26. The van der Waals surface area contributed by atoms with E-state index in [4.69, 9.17) is 9.47 Å². The molecule has 24 heavy (non-hydrogen) atoms. The molecule has 1 unspecified atom stereocenters. The number of benzene rings is 2. The summed E-state index contributed by atoms with van der Waals surface area (Å²) in [7, 11) is 3.19. The summed E-state index contributed by atoms with van der Waals surface area (Å²) in [5.74, 6) is 0.581. The lowest BCUT2D eigenvalue weighted by atomic mass is 10.1. The van der Waals surface area contributed by atoms with Crippen LogP contribution in [0.3, 0.4) is 0 Å². The minimum absolute atomic E-state index is 0.110. The first-order chi connectivity index (χ1) is 11.6. The lowest BCUT2D eigenvalue weighted by molar-refractivity contribution is -0.119. The van der Waals surface area contributed by atoms with Crippen LogP contribution in [-0.2, 0) is 9.53 Å². The molecular formula is C18H20FNO3S. The molecule has 6 heteroatoms. The van der Waals surface area contributed by atoms with E-state index in [1.165, 1.54) is 23.9 Å². The lowest BCUT2D eigenvalue weighted by Crippen LogP contribution is -2.30. The summed E-state index contributed by atoms with van der Waals surface area (Å²) in [6.45, 7) is 0.347. The van der Waals surface area contributed by atoms with E-state index in [0.29, 0.717) is 6.54 Å². The maximum atomic E-state index is 12.8. The van der Waals surface area contributed by atoms with Gasteiger partial charge in [0.15, 0.2) is 0 Å². The third-order valence-electron chi connectivity index (χ3n) is 3.44. The summed E-state index contributed by atoms with van der Waals surface area (Å²) in [4.78, 5) is 12.8. The zero-order valence-corrected chi connectivity index (χ0v) is 14.4. The van der Waals surface area contributed by atoms with Crippen molar-refractivity contribution in [2.45, 2.75) is 11.0 Å². The molecule has 0 spiro atoms. The Bertz CT molecular complexity index is 664. The van der Waals surface area contributed by atoms with E-state index in [9.17, 15) is 9.18 Å². The van der Waals surface area contributed by atoms with Gasteiger partial charge in [0.1, 0.15) is 17.7 Å². The zero-order chi connectivity index (χ0) is 17.4. The van der Waals surface area contributed by atoms with Gasteiger partial charge in [0.05, 0.1) is 12.9 Å². The number of thioether (sulfide) groups is 1. The van der Waals surface area contributed by atoms with Gasteiger partial charge in [-0.1, -0.05) is 18.2 Å². The maximum absolute atomic E-state index is 12.8. The summed E-state index contributed by atoms with van der Waals surface area (Å²) in [5.41, 5.74) is 0.883. The molecular weight excluding hydrogens is 329 g/mol. The van der Waals surface area contributed by atoms with E-state index < -0.39 is 0 Å². The average Bonchev–Trinajstić information content (AvgIpc) is 2.62. The van der Waals surface area contributed by atoms with Crippen LogP contribution in [0.5, 0.6) is 5.75 Å². The Hall–Kier alpha value is -2.05. The van der Waals surface area contributed by atoms with Crippen molar-refractivity contribution in [3.63, 3.8) is 0 Å². The number of rotatable bonds is 8. The molecule has 1 amide bonds. The summed E-state index contributed by atoms with van der Waals surface area (Å²) in [6.07, 6.45) is -0.291. The molecule has 0 heterocycles. The van der Waals surface area contributed by atoms with Crippen molar-refractivity contribution in [3.05, 3.63) is 59.9 Å². The minimum Gasteiger partial charge on any atom is -0.496 e. The van der Waals surface area contributed by atoms with E-state index in [2.05, 4.69) is 5.32 Å². The molecule has 0 fully saturated rings. The van der Waals surface area contributed by atoms with Gasteiger partial charge in [-0.05, 0) is 30.3 Å². The number of hydrogen-bond donors (Lipinski definition) is 1. The Labute approximate surface area is 145 Å². The fraction of sp³-hybridized carbons (Fsp3) is 0.278. The zero-order valence-electron chi connectivity index (χ0n) is 13.6. The fourth-order valence-electron chi connectivity index (χ4n) is 2.19. The first-order valence-electron chi connectivity index (χ1n) is 7.44. The summed E-state index contributed by atoms with van der Waals surface area (Å²) in [5, 5.41) is 2.85. The highest BCUT2D eigenvalue weighted by molar-refractivity contribution is 8.00. The van der Waals surface area contributed by atoms with E-state index >= 15 is 0 Å². The third kappa shape index (κ3) is 5.25. The van der Waals surface area contributed by atoms with Gasteiger partial charge in [0.2, 0.25) is 5.91 Å². The van der Waals surface area contributed by atoms with Crippen molar-refractivity contribution in [1.29, 1.82) is 0 Å². The first kappa shape index (κ1) is 18.3. The van der Waals surface area contributed by atoms with E-state index in [0.717, 1.165) is 16.2 Å². The second kappa shape index (κ2) is 9.30. The van der Waals surface area contributed by atoms with Crippen molar-refractivity contribution >= 4 is 17.7 Å². The SMILES string of the molecule is COc1ccccc1C(CNC(=O)CSc1ccc(F)cc1)OC. The number of para-hydroxylation sites is 1. The van der Waals surface area contributed by atoms with Crippen molar-refractivity contribution in [1.82, 2.24) is 5.32 Å². The van der Waals surface area contributed by atoms with Gasteiger partial charge in [-0.15, -0.1) is 11.8 Å². The monoisotopic (exact) mass is 349 g/mol. The molecule has 128 valence electrons. The summed E-state index contributed by atoms with van der Waals surface area (Å²) in [6, 6.07) is 13.6. The number of halogens is 1. The fourth-order valence-corrected chi connectivity index (χ4v) is 2.92.